The first-order valence-electron chi connectivity index (χ1n) is 33.5. The molecule has 1 aromatic heterocycles. The van der Waals surface area contributed by atoms with Gasteiger partial charge in [-0.05, 0) is 74.1 Å². The van der Waals surface area contributed by atoms with Gasteiger partial charge < -0.3 is 58.4 Å². The minimum Gasteiger partial charge on any atom is -0.382 e. The average Bonchev–Trinajstić information content (AvgIpc) is 0.904. The van der Waals surface area contributed by atoms with Crippen LogP contribution in [-0.4, -0.2) is 232 Å². The van der Waals surface area contributed by atoms with Crippen molar-refractivity contribution in [1.82, 2.24) is 30.5 Å². The Hall–Kier alpha value is -6.11. The number of methoxy groups -OCH3 is 1. The van der Waals surface area contributed by atoms with E-state index in [0.717, 1.165) is 24.1 Å². The van der Waals surface area contributed by atoms with Gasteiger partial charge >= 0.3 is 0 Å². The molecule has 3 aromatic carbocycles. The van der Waals surface area contributed by atoms with Gasteiger partial charge in [0, 0.05) is 69.5 Å². The Kier molecular flexibility index (Phi) is 38.2. The zero-order chi connectivity index (χ0) is 69.4. The number of carbonyl (C=O) groups excluding carboxylic acids is 6. The highest BCUT2D eigenvalue weighted by atomic mass is 32.2. The van der Waals surface area contributed by atoms with E-state index < -0.39 is 69.6 Å². The van der Waals surface area contributed by atoms with Crippen molar-refractivity contribution in [3.63, 3.8) is 0 Å². The van der Waals surface area contributed by atoms with E-state index in [0.29, 0.717) is 150 Å². The quantitative estimate of drug-likeness (QED) is 0.0287. The number of aliphatic hydroxyl groups is 1. The number of hydrogen-bond donors (Lipinski definition) is 3. The van der Waals surface area contributed by atoms with Gasteiger partial charge in [-0.25, -0.2) is 4.68 Å². The van der Waals surface area contributed by atoms with Gasteiger partial charge in [-0.3, -0.25) is 37.9 Å². The van der Waals surface area contributed by atoms with Crippen LogP contribution in [0.15, 0.2) is 96.0 Å². The van der Waals surface area contributed by atoms with Crippen LogP contribution in [0, 0.1) is 23.7 Å². The number of Topliss-reactive ketones (excluding diaryl/α,β-unsaturated/α-hetero) is 4. The molecule has 26 heteroatoms. The molecule has 0 radical (unpaired) electrons. The lowest BCUT2D eigenvalue weighted by Crippen LogP contribution is -2.54. The van der Waals surface area contributed by atoms with Crippen LogP contribution >= 0.6 is 0 Å². The number of ether oxygens (including phenoxy) is 9. The topological polar surface area (TPSA) is 307 Å². The number of nitrogens with zero attached hydrogens (tertiary/aromatic N) is 4. The van der Waals surface area contributed by atoms with Gasteiger partial charge in [0.2, 0.25) is 11.8 Å². The van der Waals surface area contributed by atoms with E-state index >= 15 is 0 Å². The predicted octanol–water partition coefficient (Wildman–Crippen LogP) is 5.30. The van der Waals surface area contributed by atoms with Crippen LogP contribution in [0.4, 0.5) is 0 Å². The number of hydrogen-bond acceptors (Lipinski definition) is 22. The molecule has 25 nitrogen and oxygen atoms in total. The summed E-state index contributed by atoms with van der Waals surface area (Å²) in [5, 5.41) is 25.8. The number of benzene rings is 3. The minimum atomic E-state index is -4.68. The molecule has 0 saturated carbocycles. The van der Waals surface area contributed by atoms with Gasteiger partial charge in [-0.15, -0.1) is 5.10 Å². The molecule has 3 N–H and O–H groups in total. The van der Waals surface area contributed by atoms with Crippen LogP contribution in [0.2, 0.25) is 0 Å². The van der Waals surface area contributed by atoms with Crippen LogP contribution in [0.3, 0.4) is 0 Å². The number of rotatable bonds is 54. The number of carbonyl (C=O) groups is 6. The van der Waals surface area contributed by atoms with E-state index in [4.69, 9.17) is 46.8 Å². The monoisotopic (exact) mass is 1360 g/mol. The second-order valence-corrected chi connectivity index (χ2v) is 26.5. The summed E-state index contributed by atoms with van der Waals surface area (Å²) in [5.41, 5.74) is -0.120. The van der Waals surface area contributed by atoms with Crippen molar-refractivity contribution in [2.75, 3.05) is 146 Å². The smallest absolute Gasteiger partial charge is 0.297 e. The Balaban J connectivity index is 1.07. The lowest BCUT2D eigenvalue weighted by atomic mass is 9.86. The Morgan fingerprint density at radius 1 is 0.635 bits per heavy atom. The second-order valence-electron chi connectivity index (χ2n) is 24.8. The van der Waals surface area contributed by atoms with Crippen LogP contribution < -0.4 is 10.6 Å². The fraction of sp³-hybridized carbons (Fsp3) is 0.629. The minimum absolute atomic E-state index is 0.0212. The molecule has 0 bridgehead atoms. The van der Waals surface area contributed by atoms with Gasteiger partial charge in [-0.2, -0.15) is 8.42 Å². The van der Waals surface area contributed by atoms with Crippen LogP contribution in [0.5, 0.6) is 0 Å². The maximum absolute atomic E-state index is 14.6. The SMILES string of the molecule is COCCOCCOCCOCCOCCOCCOCCOCCn1cc(CCC(=O)c2cccc(S(=O)(=O)OC[C@@](C)(O)C(=O)[C@H](CC(C)C)NC(=O)[C@@H](CC(=O)[C@H](CC(C)C)NC(=O)[C@H](CCc3ccccc3)CC(=O)CN3CCOCC3)Cc3ccccc3)c2)nn1. The molecule has 0 unspecified atom stereocenters. The number of aryl methyl sites for hydroxylation is 2. The summed E-state index contributed by atoms with van der Waals surface area (Å²) in [6.07, 6.45) is 2.79. The van der Waals surface area contributed by atoms with Crippen molar-refractivity contribution < 1.29 is 89.1 Å². The maximum Gasteiger partial charge on any atom is 0.297 e. The summed E-state index contributed by atoms with van der Waals surface area (Å²) in [5.74, 6) is -4.98. The Morgan fingerprint density at radius 3 is 1.72 bits per heavy atom. The highest BCUT2D eigenvalue weighted by Crippen LogP contribution is 2.24. The molecule has 0 spiro atoms. The van der Waals surface area contributed by atoms with Gasteiger partial charge in [0.25, 0.3) is 10.1 Å². The van der Waals surface area contributed by atoms with Crippen LogP contribution in [-0.2, 0) is 107 Å². The van der Waals surface area contributed by atoms with Crippen LogP contribution in [0.1, 0.15) is 100 Å². The summed E-state index contributed by atoms with van der Waals surface area (Å²) in [4.78, 5) is 86.6. The van der Waals surface area contributed by atoms with Crippen molar-refractivity contribution in [3.8, 4) is 0 Å². The molecule has 0 aliphatic carbocycles. The van der Waals surface area contributed by atoms with Gasteiger partial charge in [0.05, 0.1) is 148 Å². The molecule has 2 amide bonds. The van der Waals surface area contributed by atoms with Crippen molar-refractivity contribution in [2.45, 2.75) is 122 Å². The zero-order valence-electron chi connectivity index (χ0n) is 57.0. The third-order valence-corrected chi connectivity index (χ3v) is 16.9. The van der Waals surface area contributed by atoms with Crippen LogP contribution in [0.25, 0.3) is 0 Å². The highest BCUT2D eigenvalue weighted by molar-refractivity contribution is 7.86. The van der Waals surface area contributed by atoms with E-state index in [9.17, 15) is 42.3 Å². The van der Waals surface area contributed by atoms with Crippen molar-refractivity contribution in [1.29, 1.82) is 0 Å². The highest BCUT2D eigenvalue weighted by Gasteiger charge is 2.40. The number of morpholine rings is 1. The molecule has 5 rings (SSSR count). The van der Waals surface area contributed by atoms with E-state index in [1.54, 1.807) is 30.1 Å². The van der Waals surface area contributed by atoms with Gasteiger partial charge in [0.15, 0.2) is 17.3 Å². The third-order valence-electron chi connectivity index (χ3n) is 15.7. The fourth-order valence-electron chi connectivity index (χ4n) is 10.4. The standard InChI is InChI=1S/C70H104N6O19S/c1-53(2)44-63(71-68(81)58(21-20-55-14-9-7-10-15-55)47-61(77)51-75-24-27-87-28-25-75)66(79)49-59(46-56-16-11-8-12-17-56)69(82)72-64(45-54(3)4)67(80)70(5,83)52-95-96(84,85)62-19-13-18-57(48-62)65(78)23-22-60-50-76(74-73-60)26-29-88-32-33-90-36-37-92-40-41-94-43-42-93-39-38-91-35-34-89-31-30-86-6/h7-19,48,50,53-54,58-59,63-64,83H,20-47,49,51-52H2,1-6H3,(H,71,81)(H,72,82)/t58-,59-,63+,64+,70-/m1/s1. The summed E-state index contributed by atoms with van der Waals surface area (Å²) in [7, 11) is -3.05. The summed E-state index contributed by atoms with van der Waals surface area (Å²) < 4.78 is 83.2. The van der Waals surface area contributed by atoms with Gasteiger partial charge in [-0.1, -0.05) is 106 Å². The molecule has 1 aliphatic heterocycles. The normalized spacial score (nSPS) is 14.8. The number of nitrogens with one attached hydrogen (secondary N) is 2. The number of aromatic nitrogens is 3. The van der Waals surface area contributed by atoms with E-state index in [1.165, 1.54) is 18.2 Å². The first-order chi connectivity index (χ1) is 46.2. The van der Waals surface area contributed by atoms with E-state index in [1.807, 2.05) is 81.1 Å². The fourth-order valence-corrected chi connectivity index (χ4v) is 11.5. The van der Waals surface area contributed by atoms with Crippen molar-refractivity contribution in [2.24, 2.45) is 23.7 Å². The number of amides is 2. The Morgan fingerprint density at radius 2 is 1.16 bits per heavy atom. The largest absolute Gasteiger partial charge is 0.382 e. The van der Waals surface area contributed by atoms with E-state index in [-0.39, 0.29) is 85.4 Å². The molecule has 2 heterocycles. The molecule has 1 aliphatic rings. The average molecular weight is 1370 g/mol. The molecule has 5 atom stereocenters. The van der Waals surface area contributed by atoms with Crippen molar-refractivity contribution in [3.05, 3.63) is 114 Å². The molecule has 4 aromatic rings. The predicted molar refractivity (Wildman–Crippen MR) is 357 cm³/mol. The van der Waals surface area contributed by atoms with Crippen molar-refractivity contribution >= 4 is 45.1 Å². The van der Waals surface area contributed by atoms with Gasteiger partial charge in [0.1, 0.15) is 18.0 Å². The maximum atomic E-state index is 14.6. The molecule has 96 heavy (non-hydrogen) atoms. The lowest BCUT2D eigenvalue weighted by Gasteiger charge is -2.30. The molecule has 534 valence electrons. The molecular formula is C70H104N6O19S. The third kappa shape index (κ3) is 32.5. The summed E-state index contributed by atoms with van der Waals surface area (Å²) in [6.45, 7) is 17.1. The second kappa shape index (κ2) is 45.5. The Bertz CT molecular complexity index is 3000. The first kappa shape index (κ1) is 80.6. The first-order valence-corrected chi connectivity index (χ1v) is 34.9. The summed E-state index contributed by atoms with van der Waals surface area (Å²) >= 11 is 0. The zero-order valence-corrected chi connectivity index (χ0v) is 57.9. The molecular weight excluding hydrogens is 1260 g/mol. The number of ketones is 4. The molecule has 1 fully saturated rings. The summed E-state index contributed by atoms with van der Waals surface area (Å²) in [6, 6.07) is 21.6. The molecule has 1 saturated heterocycles. The van der Waals surface area contributed by atoms with E-state index in [2.05, 4.69) is 20.9 Å². The lowest BCUT2D eigenvalue weighted by molar-refractivity contribution is -0.143. The Labute approximate surface area is 566 Å².